The number of carbonyl (C=O) groups excluding carboxylic acids is 2. The molecule has 4 rings (SSSR count). The van der Waals surface area contributed by atoms with Gasteiger partial charge in [-0.1, -0.05) is 30.3 Å². The number of aromatic nitrogens is 2. The molecule has 1 fully saturated rings. The van der Waals surface area contributed by atoms with Crippen molar-refractivity contribution in [2.75, 3.05) is 31.6 Å². The van der Waals surface area contributed by atoms with Gasteiger partial charge < -0.3 is 20.3 Å². The maximum absolute atomic E-state index is 12.5. The van der Waals surface area contributed by atoms with Crippen molar-refractivity contribution in [3.8, 4) is 0 Å². The second kappa shape index (κ2) is 10.3. The molecule has 1 aliphatic heterocycles. The highest BCUT2D eigenvalue weighted by molar-refractivity contribution is 5.95. The van der Waals surface area contributed by atoms with E-state index >= 15 is 0 Å². The summed E-state index contributed by atoms with van der Waals surface area (Å²) in [7, 11) is 0. The molecule has 0 aliphatic carbocycles. The number of carbonyl (C=O) groups is 2. The molecule has 1 aromatic heterocycles. The van der Waals surface area contributed by atoms with Crippen LogP contribution in [0.3, 0.4) is 0 Å². The average Bonchev–Trinajstić information content (AvgIpc) is 3.11. The molecule has 2 heterocycles. The summed E-state index contributed by atoms with van der Waals surface area (Å²) in [4.78, 5) is 26.7. The summed E-state index contributed by atoms with van der Waals surface area (Å²) < 4.78 is 7.25. The number of hydrogen-bond donors (Lipinski definition) is 2. The van der Waals surface area contributed by atoms with Crippen molar-refractivity contribution in [2.45, 2.75) is 26.9 Å². The molecule has 0 bridgehead atoms. The van der Waals surface area contributed by atoms with Crippen LogP contribution in [0.5, 0.6) is 0 Å². The van der Waals surface area contributed by atoms with E-state index in [1.807, 2.05) is 36.7 Å². The average molecular weight is 448 g/mol. The Morgan fingerprint density at radius 2 is 1.70 bits per heavy atom. The van der Waals surface area contributed by atoms with Crippen LogP contribution in [-0.2, 0) is 17.8 Å². The zero-order valence-corrected chi connectivity index (χ0v) is 19.0. The first kappa shape index (κ1) is 22.5. The van der Waals surface area contributed by atoms with E-state index in [0.717, 1.165) is 17.0 Å². The van der Waals surface area contributed by atoms with E-state index < -0.39 is 0 Å². The molecular weight excluding hydrogens is 418 g/mol. The highest BCUT2D eigenvalue weighted by Gasteiger charge is 2.18. The van der Waals surface area contributed by atoms with Crippen molar-refractivity contribution < 1.29 is 14.3 Å². The highest BCUT2D eigenvalue weighted by atomic mass is 16.5. The van der Waals surface area contributed by atoms with Crippen molar-refractivity contribution in [3.63, 3.8) is 0 Å². The lowest BCUT2D eigenvalue weighted by Crippen LogP contribution is -2.40. The molecule has 3 aromatic rings. The second-order valence-electron chi connectivity index (χ2n) is 8.08. The Morgan fingerprint density at radius 1 is 1.00 bits per heavy atom. The molecule has 2 N–H and O–H groups in total. The lowest BCUT2D eigenvalue weighted by Gasteiger charge is -2.26. The molecule has 3 amide bonds. The molecule has 0 radical (unpaired) electrons. The van der Waals surface area contributed by atoms with Gasteiger partial charge in [0.25, 0.3) is 5.91 Å². The summed E-state index contributed by atoms with van der Waals surface area (Å²) in [6.45, 7) is 7.37. The third-order valence-electron chi connectivity index (χ3n) is 5.82. The van der Waals surface area contributed by atoms with Crippen LogP contribution in [0, 0.1) is 13.8 Å². The molecule has 1 saturated heterocycles. The third-order valence-corrected chi connectivity index (χ3v) is 5.82. The Balaban J connectivity index is 1.32. The molecule has 8 heteroatoms. The van der Waals surface area contributed by atoms with Crippen molar-refractivity contribution in [2.24, 2.45) is 0 Å². The van der Waals surface area contributed by atoms with Gasteiger partial charge >= 0.3 is 6.03 Å². The number of rotatable bonds is 6. The highest BCUT2D eigenvalue weighted by Crippen LogP contribution is 2.16. The van der Waals surface area contributed by atoms with Gasteiger partial charge in [0, 0.05) is 42.1 Å². The topological polar surface area (TPSA) is 88.5 Å². The van der Waals surface area contributed by atoms with Gasteiger partial charge in [-0.2, -0.15) is 5.10 Å². The van der Waals surface area contributed by atoms with Crippen molar-refractivity contribution in [1.29, 1.82) is 0 Å². The molecule has 0 saturated carbocycles. The van der Waals surface area contributed by atoms with E-state index in [1.54, 1.807) is 29.2 Å². The van der Waals surface area contributed by atoms with Crippen LogP contribution in [0.25, 0.3) is 0 Å². The zero-order chi connectivity index (χ0) is 23.2. The fourth-order valence-corrected chi connectivity index (χ4v) is 3.89. The molecular formula is C25H29N5O3. The van der Waals surface area contributed by atoms with Crippen LogP contribution in [0.15, 0.2) is 54.6 Å². The van der Waals surface area contributed by atoms with Gasteiger partial charge in [0.1, 0.15) is 0 Å². The number of nitrogens with zero attached hydrogens (tertiary/aromatic N) is 3. The molecule has 0 spiro atoms. The van der Waals surface area contributed by atoms with Crippen LogP contribution in [0.1, 0.15) is 32.9 Å². The Labute approximate surface area is 193 Å². The number of ether oxygens (including phenoxy) is 1. The maximum Gasteiger partial charge on any atom is 0.319 e. The Bertz CT molecular complexity index is 1100. The number of morpholine rings is 1. The lowest BCUT2D eigenvalue weighted by molar-refractivity contribution is 0.0303. The number of amides is 3. The zero-order valence-electron chi connectivity index (χ0n) is 19.0. The number of benzene rings is 2. The quantitative estimate of drug-likeness (QED) is 0.607. The number of nitrogens with one attached hydrogen (secondary N) is 2. The van der Waals surface area contributed by atoms with Crippen molar-refractivity contribution >= 4 is 17.6 Å². The molecule has 0 atom stereocenters. The summed E-state index contributed by atoms with van der Waals surface area (Å²) in [6, 6.07) is 16.8. The molecule has 172 valence electrons. The van der Waals surface area contributed by atoms with Gasteiger partial charge in [0.05, 0.1) is 25.5 Å². The van der Waals surface area contributed by atoms with Gasteiger partial charge in [-0.05, 0) is 43.7 Å². The van der Waals surface area contributed by atoms with Gasteiger partial charge in [-0.25, -0.2) is 4.79 Å². The number of urea groups is 1. The minimum absolute atomic E-state index is 0.0206. The fraction of sp³-hybridized carbons (Fsp3) is 0.320. The van der Waals surface area contributed by atoms with E-state index in [2.05, 4.69) is 27.9 Å². The van der Waals surface area contributed by atoms with Crippen LogP contribution in [-0.4, -0.2) is 52.9 Å². The van der Waals surface area contributed by atoms with Gasteiger partial charge in [0.2, 0.25) is 0 Å². The monoisotopic (exact) mass is 447 g/mol. The molecule has 1 aliphatic rings. The molecule has 0 unspecified atom stereocenters. The van der Waals surface area contributed by atoms with Crippen LogP contribution in [0.4, 0.5) is 10.5 Å². The smallest absolute Gasteiger partial charge is 0.319 e. The molecule has 33 heavy (non-hydrogen) atoms. The minimum Gasteiger partial charge on any atom is -0.378 e. The summed E-state index contributed by atoms with van der Waals surface area (Å²) in [5.41, 5.74) is 5.33. The van der Waals surface area contributed by atoms with Crippen molar-refractivity contribution in [1.82, 2.24) is 20.0 Å². The fourth-order valence-electron chi connectivity index (χ4n) is 3.89. The van der Waals surface area contributed by atoms with E-state index in [4.69, 9.17) is 4.74 Å². The predicted molar refractivity (Wildman–Crippen MR) is 126 cm³/mol. The number of anilines is 1. The standard InChI is InChI=1S/C25H29N5O3/c1-18-23(19(2)30(28-18)17-20-6-4-3-5-7-20)16-26-25(32)27-22-10-8-21(9-11-22)24(31)29-12-14-33-15-13-29/h3-11H,12-17H2,1-2H3,(H2,26,27,32). The Hall–Kier alpha value is -3.65. The normalized spacial score (nSPS) is 13.6. The maximum atomic E-state index is 12.5. The van der Waals surface area contributed by atoms with Gasteiger partial charge in [-0.3, -0.25) is 9.48 Å². The van der Waals surface area contributed by atoms with Gasteiger partial charge in [-0.15, -0.1) is 0 Å². The van der Waals surface area contributed by atoms with Crippen LogP contribution < -0.4 is 10.6 Å². The van der Waals surface area contributed by atoms with E-state index in [1.165, 1.54) is 5.56 Å². The van der Waals surface area contributed by atoms with E-state index in [9.17, 15) is 9.59 Å². The summed E-state index contributed by atoms with van der Waals surface area (Å²) in [5.74, 6) is -0.0206. The van der Waals surface area contributed by atoms with Crippen LogP contribution in [0.2, 0.25) is 0 Å². The summed E-state index contributed by atoms with van der Waals surface area (Å²) >= 11 is 0. The second-order valence-corrected chi connectivity index (χ2v) is 8.08. The van der Waals surface area contributed by atoms with Crippen molar-refractivity contribution in [3.05, 3.63) is 82.7 Å². The first-order valence-electron chi connectivity index (χ1n) is 11.1. The summed E-state index contributed by atoms with van der Waals surface area (Å²) in [6.07, 6.45) is 0. The number of hydrogen-bond acceptors (Lipinski definition) is 4. The predicted octanol–water partition coefficient (Wildman–Crippen LogP) is 3.34. The first-order chi connectivity index (χ1) is 16.0. The Kier molecular flexibility index (Phi) is 7.04. The molecule has 2 aromatic carbocycles. The summed E-state index contributed by atoms with van der Waals surface area (Å²) in [5, 5.41) is 10.4. The van der Waals surface area contributed by atoms with Crippen LogP contribution >= 0.6 is 0 Å². The number of aryl methyl sites for hydroxylation is 1. The van der Waals surface area contributed by atoms with Gasteiger partial charge in [0.15, 0.2) is 0 Å². The first-order valence-corrected chi connectivity index (χ1v) is 11.1. The Morgan fingerprint density at radius 3 is 2.39 bits per heavy atom. The minimum atomic E-state index is -0.308. The molecule has 8 nitrogen and oxygen atoms in total. The lowest BCUT2D eigenvalue weighted by atomic mass is 10.1. The SMILES string of the molecule is Cc1nn(Cc2ccccc2)c(C)c1CNC(=O)Nc1ccc(C(=O)N2CCOCC2)cc1. The largest absolute Gasteiger partial charge is 0.378 e. The third kappa shape index (κ3) is 5.59. The van der Waals surface area contributed by atoms with E-state index in [-0.39, 0.29) is 11.9 Å². The van der Waals surface area contributed by atoms with E-state index in [0.29, 0.717) is 50.6 Å².